The second kappa shape index (κ2) is 8.76. The Morgan fingerprint density at radius 3 is 2.62 bits per heavy atom. The summed E-state index contributed by atoms with van der Waals surface area (Å²) in [6.45, 7) is 5.05. The van der Waals surface area contributed by atoms with Crippen molar-refractivity contribution < 1.29 is 14.3 Å². The van der Waals surface area contributed by atoms with Gasteiger partial charge in [-0.25, -0.2) is 9.79 Å². The van der Waals surface area contributed by atoms with E-state index in [1.165, 1.54) is 23.4 Å². The molecule has 2 N–H and O–H groups in total. The average molecular weight is 304 g/mol. The van der Waals surface area contributed by atoms with Crippen molar-refractivity contribution in [3.05, 3.63) is 54.1 Å². The van der Waals surface area contributed by atoms with Gasteiger partial charge in [0, 0.05) is 17.2 Å². The summed E-state index contributed by atoms with van der Waals surface area (Å²) in [5.41, 5.74) is 8.21. The number of ether oxygens (including phenoxy) is 1. The van der Waals surface area contributed by atoms with Crippen molar-refractivity contribution in [1.82, 2.24) is 0 Å². The van der Waals surface area contributed by atoms with E-state index >= 15 is 0 Å². The van der Waals surface area contributed by atoms with Gasteiger partial charge in [-0.2, -0.15) is 0 Å². The van der Waals surface area contributed by atoms with Crippen LogP contribution in [0.15, 0.2) is 53.6 Å². The maximum absolute atomic E-state index is 11.2. The van der Waals surface area contributed by atoms with Crippen molar-refractivity contribution in [2.24, 2.45) is 10.7 Å². The van der Waals surface area contributed by atoms with Crippen LogP contribution in [-0.4, -0.2) is 23.4 Å². The number of rotatable bonds is 7. The van der Waals surface area contributed by atoms with Gasteiger partial charge in [-0.3, -0.25) is 4.79 Å². The number of nitrogens with zero attached hydrogens (tertiary/aromatic N) is 1. The van der Waals surface area contributed by atoms with Gasteiger partial charge in [0.1, 0.15) is 5.94 Å². The molecule has 6 heteroatoms. The zero-order chi connectivity index (χ0) is 15.7. The van der Waals surface area contributed by atoms with Crippen molar-refractivity contribution in [2.45, 2.75) is 6.92 Å². The molecule has 0 aliphatic heterocycles. The molecule has 1 aromatic carbocycles. The zero-order valence-electron chi connectivity index (χ0n) is 11.6. The Hall–Kier alpha value is -2.34. The molecule has 0 aliphatic rings. The summed E-state index contributed by atoms with van der Waals surface area (Å²) >= 11 is 1.18. The average Bonchev–Trinajstić information content (AvgIpc) is 2.45. The standard InChI is InChI=1S/C15H16N2O3S/c1-11(2)15(19)20-10-21-9-17-13(8-14(16)18)12-6-4-3-5-7-12/h3-9H,1,10H2,2H3,(H2,16,18)/b13-8-,17-9?. The van der Waals surface area contributed by atoms with Crippen LogP contribution in [-0.2, 0) is 14.3 Å². The molecule has 0 unspecified atom stereocenters. The van der Waals surface area contributed by atoms with E-state index in [1.54, 1.807) is 6.92 Å². The van der Waals surface area contributed by atoms with E-state index in [-0.39, 0.29) is 5.94 Å². The van der Waals surface area contributed by atoms with E-state index in [9.17, 15) is 9.59 Å². The molecule has 21 heavy (non-hydrogen) atoms. The van der Waals surface area contributed by atoms with Gasteiger partial charge in [-0.1, -0.05) is 48.7 Å². The monoisotopic (exact) mass is 304 g/mol. The largest absolute Gasteiger partial charge is 0.451 e. The third-order valence-corrected chi connectivity index (χ3v) is 2.73. The van der Waals surface area contributed by atoms with E-state index in [1.807, 2.05) is 30.3 Å². The van der Waals surface area contributed by atoms with Crippen LogP contribution >= 0.6 is 11.8 Å². The predicted molar refractivity (Wildman–Crippen MR) is 85.5 cm³/mol. The van der Waals surface area contributed by atoms with Gasteiger partial charge in [0.05, 0.1) is 11.2 Å². The van der Waals surface area contributed by atoms with Gasteiger partial charge in [0.2, 0.25) is 5.91 Å². The summed E-state index contributed by atoms with van der Waals surface area (Å²) < 4.78 is 4.89. The normalized spacial score (nSPS) is 11.4. The van der Waals surface area contributed by atoms with Crippen molar-refractivity contribution >= 4 is 34.9 Å². The molecule has 0 saturated heterocycles. The fourth-order valence-corrected chi connectivity index (χ4v) is 1.70. The third kappa shape index (κ3) is 6.58. The van der Waals surface area contributed by atoms with Crippen molar-refractivity contribution in [3.8, 4) is 0 Å². The van der Waals surface area contributed by atoms with E-state index in [0.29, 0.717) is 11.3 Å². The highest BCUT2D eigenvalue weighted by atomic mass is 32.2. The molecular formula is C15H16N2O3S. The molecule has 0 fully saturated rings. The number of aliphatic imine (C=N–C) groups is 1. The summed E-state index contributed by atoms with van der Waals surface area (Å²) in [6, 6.07) is 9.17. The first-order valence-corrected chi connectivity index (χ1v) is 7.09. The Labute approximate surface area is 127 Å². The first-order chi connectivity index (χ1) is 10.0. The van der Waals surface area contributed by atoms with Crippen LogP contribution in [0.25, 0.3) is 5.70 Å². The lowest BCUT2D eigenvalue weighted by atomic mass is 10.1. The minimum atomic E-state index is -0.579. The molecule has 1 amide bonds. The Morgan fingerprint density at radius 1 is 1.38 bits per heavy atom. The number of carbonyl (C=O) groups is 2. The number of amides is 1. The number of primary amides is 1. The Bertz CT molecular complexity index is 580. The molecule has 0 aliphatic carbocycles. The van der Waals surface area contributed by atoms with Crippen LogP contribution in [0.2, 0.25) is 0 Å². The Balaban J connectivity index is 2.63. The molecule has 0 heterocycles. The summed E-state index contributed by atoms with van der Waals surface area (Å²) in [5, 5.41) is 0. The second-order valence-corrected chi connectivity index (χ2v) is 4.81. The smallest absolute Gasteiger partial charge is 0.333 e. The summed E-state index contributed by atoms with van der Waals surface area (Å²) in [7, 11) is 0. The fraction of sp³-hybridized carbons (Fsp3) is 0.133. The number of benzene rings is 1. The third-order valence-electron chi connectivity index (χ3n) is 2.22. The van der Waals surface area contributed by atoms with Gasteiger partial charge in [-0.15, -0.1) is 0 Å². The number of esters is 1. The number of nitrogens with two attached hydrogens (primary N) is 1. The molecule has 1 aromatic rings. The fourth-order valence-electron chi connectivity index (χ4n) is 1.27. The molecule has 5 nitrogen and oxygen atoms in total. The first kappa shape index (κ1) is 16.7. The van der Waals surface area contributed by atoms with Crippen LogP contribution in [0.5, 0.6) is 0 Å². The summed E-state index contributed by atoms with van der Waals surface area (Å²) in [4.78, 5) is 26.3. The SMILES string of the molecule is C=C(C)C(=O)OCSC=N/C(=C\C(N)=O)c1ccccc1. The molecule has 0 bridgehead atoms. The highest BCUT2D eigenvalue weighted by Gasteiger charge is 2.02. The minimum absolute atomic E-state index is 0.119. The quantitative estimate of drug-likeness (QED) is 0.209. The van der Waals surface area contributed by atoms with Crippen molar-refractivity contribution in [2.75, 3.05) is 5.94 Å². The summed E-state index contributed by atoms with van der Waals surface area (Å²) in [6.07, 6.45) is 1.24. The zero-order valence-corrected chi connectivity index (χ0v) is 12.4. The first-order valence-electron chi connectivity index (χ1n) is 6.04. The predicted octanol–water partition coefficient (Wildman–Crippen LogP) is 2.35. The minimum Gasteiger partial charge on any atom is -0.451 e. The molecule has 0 saturated carbocycles. The van der Waals surface area contributed by atoms with Gasteiger partial charge in [0.25, 0.3) is 0 Å². The maximum Gasteiger partial charge on any atom is 0.333 e. The maximum atomic E-state index is 11.2. The molecule has 0 aromatic heterocycles. The van der Waals surface area contributed by atoms with Gasteiger partial charge >= 0.3 is 5.97 Å². The molecule has 0 radical (unpaired) electrons. The number of thioether (sulfide) groups is 1. The van der Waals surface area contributed by atoms with Crippen LogP contribution in [0.3, 0.4) is 0 Å². The van der Waals surface area contributed by atoms with Crippen molar-refractivity contribution in [3.63, 3.8) is 0 Å². The second-order valence-electron chi connectivity index (χ2n) is 4.03. The molecule has 0 spiro atoms. The molecule has 110 valence electrons. The van der Waals surface area contributed by atoms with E-state index in [2.05, 4.69) is 11.6 Å². The summed E-state index contributed by atoms with van der Waals surface area (Å²) in [5.74, 6) is -0.912. The number of carbonyl (C=O) groups excluding carboxylic acids is 2. The van der Waals surface area contributed by atoms with Crippen LogP contribution in [0.4, 0.5) is 0 Å². The van der Waals surface area contributed by atoms with Crippen LogP contribution in [0.1, 0.15) is 12.5 Å². The van der Waals surface area contributed by atoms with Crippen molar-refractivity contribution in [1.29, 1.82) is 0 Å². The van der Waals surface area contributed by atoms with Gasteiger partial charge < -0.3 is 10.5 Å². The highest BCUT2D eigenvalue weighted by Crippen LogP contribution is 2.15. The highest BCUT2D eigenvalue weighted by molar-refractivity contribution is 8.11. The lowest BCUT2D eigenvalue weighted by Gasteiger charge is -2.02. The van der Waals surface area contributed by atoms with Gasteiger partial charge in [-0.05, 0) is 6.92 Å². The molecular weight excluding hydrogens is 288 g/mol. The number of hydrogen-bond acceptors (Lipinski definition) is 5. The van der Waals surface area contributed by atoms with E-state index in [0.717, 1.165) is 5.56 Å². The number of hydrogen-bond donors (Lipinski definition) is 1. The van der Waals surface area contributed by atoms with E-state index in [4.69, 9.17) is 10.5 Å². The molecule has 1 rings (SSSR count). The Morgan fingerprint density at radius 2 is 2.05 bits per heavy atom. The van der Waals surface area contributed by atoms with Gasteiger partial charge in [0.15, 0.2) is 0 Å². The van der Waals surface area contributed by atoms with Crippen LogP contribution < -0.4 is 5.73 Å². The Kier molecular flexibility index (Phi) is 6.97. The van der Waals surface area contributed by atoms with E-state index < -0.39 is 11.9 Å². The topological polar surface area (TPSA) is 81.8 Å². The lowest BCUT2D eigenvalue weighted by Crippen LogP contribution is -2.06. The molecule has 0 atom stereocenters. The lowest BCUT2D eigenvalue weighted by molar-refractivity contribution is -0.136. The van der Waals surface area contributed by atoms with Crippen LogP contribution in [0, 0.1) is 0 Å².